The molecular formula is C12H25N3O. The molecule has 1 rings (SSSR count). The monoisotopic (exact) mass is 227 g/mol. The number of hydrogen-bond donors (Lipinski definition) is 2. The lowest BCUT2D eigenvalue weighted by atomic mass is 10.2. The third kappa shape index (κ3) is 4.94. The van der Waals surface area contributed by atoms with E-state index >= 15 is 0 Å². The first-order valence-electron chi connectivity index (χ1n) is 6.42. The zero-order chi connectivity index (χ0) is 11.8. The van der Waals surface area contributed by atoms with Gasteiger partial charge in [-0.25, -0.2) is 0 Å². The summed E-state index contributed by atoms with van der Waals surface area (Å²) in [5, 5.41) is 6.18. The Morgan fingerprint density at radius 3 is 2.94 bits per heavy atom. The molecule has 1 saturated heterocycles. The van der Waals surface area contributed by atoms with Gasteiger partial charge in [-0.2, -0.15) is 0 Å². The van der Waals surface area contributed by atoms with E-state index in [1.165, 1.54) is 25.7 Å². The first-order chi connectivity index (χ1) is 7.76. The molecule has 0 saturated carbocycles. The first-order valence-corrected chi connectivity index (χ1v) is 6.42. The van der Waals surface area contributed by atoms with Gasteiger partial charge in [0.05, 0.1) is 6.54 Å². The third-order valence-corrected chi connectivity index (χ3v) is 3.11. The Morgan fingerprint density at radius 2 is 2.38 bits per heavy atom. The maximum atomic E-state index is 11.4. The number of likely N-dealkylation sites (N-methyl/N-ethyl adjacent to an activating group) is 1. The molecule has 1 aliphatic rings. The van der Waals surface area contributed by atoms with E-state index < -0.39 is 0 Å². The van der Waals surface area contributed by atoms with Crippen LogP contribution in [0, 0.1) is 0 Å². The summed E-state index contributed by atoms with van der Waals surface area (Å²) in [4.78, 5) is 13.7. The number of rotatable bonds is 7. The maximum absolute atomic E-state index is 11.4. The van der Waals surface area contributed by atoms with Crippen LogP contribution in [-0.4, -0.2) is 50.1 Å². The van der Waals surface area contributed by atoms with Gasteiger partial charge in [0, 0.05) is 19.6 Å². The Bertz CT molecular complexity index is 202. The van der Waals surface area contributed by atoms with Crippen molar-refractivity contribution in [3.05, 3.63) is 0 Å². The average Bonchev–Trinajstić information content (AvgIpc) is 2.78. The fraction of sp³-hybridized carbons (Fsp3) is 0.917. The highest BCUT2D eigenvalue weighted by atomic mass is 16.1. The van der Waals surface area contributed by atoms with Gasteiger partial charge in [0.15, 0.2) is 0 Å². The highest BCUT2D eigenvalue weighted by Gasteiger charge is 2.18. The normalized spacial score (nSPS) is 20.3. The molecule has 2 N–H and O–H groups in total. The van der Waals surface area contributed by atoms with Crippen LogP contribution in [-0.2, 0) is 4.79 Å². The largest absolute Gasteiger partial charge is 0.358 e. The molecule has 0 radical (unpaired) electrons. The van der Waals surface area contributed by atoms with Crippen molar-refractivity contribution in [2.75, 3.05) is 33.2 Å². The number of carbonyl (C=O) groups excluding carboxylic acids is 1. The molecule has 0 aromatic rings. The summed E-state index contributed by atoms with van der Waals surface area (Å²) in [6, 6.07) is 0.585. The van der Waals surface area contributed by atoms with E-state index in [4.69, 9.17) is 0 Å². The van der Waals surface area contributed by atoms with Gasteiger partial charge in [-0.05, 0) is 32.4 Å². The molecule has 1 amide bonds. The van der Waals surface area contributed by atoms with Crippen LogP contribution < -0.4 is 10.6 Å². The van der Waals surface area contributed by atoms with Gasteiger partial charge in [-0.3, -0.25) is 9.69 Å². The van der Waals surface area contributed by atoms with Crippen LogP contribution in [0.25, 0.3) is 0 Å². The molecule has 0 aromatic carbocycles. The predicted molar refractivity (Wildman–Crippen MR) is 66.4 cm³/mol. The lowest BCUT2D eigenvalue weighted by Gasteiger charge is -2.24. The van der Waals surface area contributed by atoms with Gasteiger partial charge in [0.25, 0.3) is 0 Å². The van der Waals surface area contributed by atoms with Crippen molar-refractivity contribution in [3.8, 4) is 0 Å². The number of nitrogens with zero attached hydrogens (tertiary/aromatic N) is 1. The molecule has 1 fully saturated rings. The molecule has 1 atom stereocenters. The summed E-state index contributed by atoms with van der Waals surface area (Å²) < 4.78 is 0. The Labute approximate surface area is 98.8 Å². The van der Waals surface area contributed by atoms with Crippen LogP contribution in [0.5, 0.6) is 0 Å². The van der Waals surface area contributed by atoms with Gasteiger partial charge in [0.1, 0.15) is 0 Å². The van der Waals surface area contributed by atoms with Gasteiger partial charge >= 0.3 is 0 Å². The van der Waals surface area contributed by atoms with E-state index in [-0.39, 0.29) is 5.91 Å². The molecule has 1 aliphatic heterocycles. The van der Waals surface area contributed by atoms with Crippen LogP contribution in [0.15, 0.2) is 0 Å². The second-order valence-corrected chi connectivity index (χ2v) is 4.56. The molecule has 4 nitrogen and oxygen atoms in total. The number of hydrogen-bond acceptors (Lipinski definition) is 3. The minimum absolute atomic E-state index is 0.120. The van der Waals surface area contributed by atoms with Gasteiger partial charge in [-0.1, -0.05) is 13.3 Å². The van der Waals surface area contributed by atoms with E-state index in [2.05, 4.69) is 22.5 Å². The third-order valence-electron chi connectivity index (χ3n) is 3.11. The minimum Gasteiger partial charge on any atom is -0.358 e. The number of unbranched alkanes of at least 4 members (excludes halogenated alkanes) is 1. The summed E-state index contributed by atoms with van der Waals surface area (Å²) in [5.41, 5.74) is 0. The molecular weight excluding hydrogens is 202 g/mol. The average molecular weight is 227 g/mol. The van der Waals surface area contributed by atoms with Crippen LogP contribution in [0.3, 0.4) is 0 Å². The summed E-state index contributed by atoms with van der Waals surface area (Å²) >= 11 is 0. The Hall–Kier alpha value is -0.610. The topological polar surface area (TPSA) is 44.4 Å². The molecule has 4 heteroatoms. The van der Waals surface area contributed by atoms with Gasteiger partial charge in [-0.15, -0.1) is 0 Å². The molecule has 94 valence electrons. The molecule has 0 bridgehead atoms. The van der Waals surface area contributed by atoms with Crippen molar-refractivity contribution in [1.82, 2.24) is 15.5 Å². The Balaban J connectivity index is 2.32. The Morgan fingerprint density at radius 1 is 1.56 bits per heavy atom. The van der Waals surface area contributed by atoms with Crippen molar-refractivity contribution < 1.29 is 4.79 Å². The fourth-order valence-corrected chi connectivity index (χ4v) is 2.12. The fourth-order valence-electron chi connectivity index (χ4n) is 2.12. The van der Waals surface area contributed by atoms with Crippen LogP contribution in [0.4, 0.5) is 0 Å². The number of amides is 1. The molecule has 0 aliphatic carbocycles. The maximum Gasteiger partial charge on any atom is 0.233 e. The standard InChI is InChI=1S/C12H25N3O/c1-3-4-8-15(10-12(16)13-2)9-11-6-5-7-14-11/h11,14H,3-10H2,1-2H3,(H,13,16). The van der Waals surface area contributed by atoms with Crippen LogP contribution in [0.1, 0.15) is 32.6 Å². The van der Waals surface area contributed by atoms with Crippen LogP contribution in [0.2, 0.25) is 0 Å². The first kappa shape index (κ1) is 13.5. The smallest absolute Gasteiger partial charge is 0.233 e. The zero-order valence-electron chi connectivity index (χ0n) is 10.6. The van der Waals surface area contributed by atoms with Crippen molar-refractivity contribution in [2.45, 2.75) is 38.6 Å². The lowest BCUT2D eigenvalue weighted by molar-refractivity contribution is -0.121. The molecule has 1 heterocycles. The Kier molecular flexibility index (Phi) is 6.42. The lowest BCUT2D eigenvalue weighted by Crippen LogP contribution is -2.42. The molecule has 0 aromatic heterocycles. The van der Waals surface area contributed by atoms with E-state index in [0.717, 1.165) is 19.6 Å². The summed E-state index contributed by atoms with van der Waals surface area (Å²) in [7, 11) is 1.70. The SMILES string of the molecule is CCCCN(CC(=O)NC)CC1CCCN1. The van der Waals surface area contributed by atoms with E-state index in [1.807, 2.05) is 0 Å². The van der Waals surface area contributed by atoms with E-state index in [0.29, 0.717) is 12.6 Å². The second-order valence-electron chi connectivity index (χ2n) is 4.56. The van der Waals surface area contributed by atoms with Crippen molar-refractivity contribution in [3.63, 3.8) is 0 Å². The van der Waals surface area contributed by atoms with E-state index in [9.17, 15) is 4.79 Å². The second kappa shape index (κ2) is 7.63. The zero-order valence-corrected chi connectivity index (χ0v) is 10.6. The highest BCUT2D eigenvalue weighted by Crippen LogP contribution is 2.07. The van der Waals surface area contributed by atoms with Crippen molar-refractivity contribution >= 4 is 5.91 Å². The summed E-state index contributed by atoms with van der Waals surface area (Å²) in [6.45, 7) is 5.89. The molecule has 0 spiro atoms. The van der Waals surface area contributed by atoms with E-state index in [1.54, 1.807) is 7.05 Å². The summed E-state index contributed by atoms with van der Waals surface area (Å²) in [6.07, 6.45) is 4.87. The molecule has 16 heavy (non-hydrogen) atoms. The van der Waals surface area contributed by atoms with Gasteiger partial charge in [0.2, 0.25) is 5.91 Å². The quantitative estimate of drug-likeness (QED) is 0.669. The highest BCUT2D eigenvalue weighted by molar-refractivity contribution is 5.77. The van der Waals surface area contributed by atoms with Crippen molar-refractivity contribution in [1.29, 1.82) is 0 Å². The predicted octanol–water partition coefficient (Wildman–Crippen LogP) is 0.587. The van der Waals surface area contributed by atoms with Gasteiger partial charge < -0.3 is 10.6 Å². The van der Waals surface area contributed by atoms with Crippen LogP contribution >= 0.6 is 0 Å². The summed E-state index contributed by atoms with van der Waals surface area (Å²) in [5.74, 6) is 0.120. The van der Waals surface area contributed by atoms with Crippen molar-refractivity contribution in [2.24, 2.45) is 0 Å². The molecule has 1 unspecified atom stereocenters. The number of carbonyl (C=O) groups is 1. The minimum atomic E-state index is 0.120. The number of nitrogens with one attached hydrogen (secondary N) is 2.